The molecule has 0 aliphatic carbocycles. The van der Waals surface area contributed by atoms with Crippen LogP contribution in [0.25, 0.3) is 0 Å². The van der Waals surface area contributed by atoms with Crippen LogP contribution in [-0.4, -0.2) is 25.4 Å². The number of hydrogen-bond donors (Lipinski definition) is 1. The molecule has 2 rings (SSSR count). The summed E-state index contributed by atoms with van der Waals surface area (Å²) in [6.45, 7) is 0. The summed E-state index contributed by atoms with van der Waals surface area (Å²) in [6, 6.07) is 4.62. The largest absolute Gasteiger partial charge is 0.383 e. The van der Waals surface area contributed by atoms with Gasteiger partial charge in [0.2, 0.25) is 0 Å². The highest BCUT2D eigenvalue weighted by Gasteiger charge is 2.24. The molecule has 2 N–H and O–H groups in total. The van der Waals surface area contributed by atoms with Gasteiger partial charge < -0.3 is 5.73 Å². The Morgan fingerprint density at radius 3 is 2.58 bits per heavy atom. The number of anilines is 2. The van der Waals surface area contributed by atoms with Crippen LogP contribution in [0, 0.1) is 0 Å². The van der Waals surface area contributed by atoms with E-state index in [0.29, 0.717) is 10.2 Å². The van der Waals surface area contributed by atoms with E-state index in [2.05, 4.69) is 25.9 Å². The van der Waals surface area contributed by atoms with Crippen molar-refractivity contribution in [1.82, 2.24) is 9.97 Å². The van der Waals surface area contributed by atoms with Crippen molar-refractivity contribution in [2.45, 2.75) is 4.90 Å². The number of hydrogen-bond acceptors (Lipinski definition) is 5. The van der Waals surface area contributed by atoms with Gasteiger partial charge in [0.25, 0.3) is 10.0 Å². The van der Waals surface area contributed by atoms with Crippen molar-refractivity contribution in [3.63, 3.8) is 0 Å². The molecule has 19 heavy (non-hydrogen) atoms. The van der Waals surface area contributed by atoms with Crippen LogP contribution in [0.4, 0.5) is 11.5 Å². The van der Waals surface area contributed by atoms with Gasteiger partial charge >= 0.3 is 0 Å². The van der Waals surface area contributed by atoms with E-state index in [0.717, 1.165) is 4.31 Å². The first-order valence-electron chi connectivity index (χ1n) is 5.23. The SMILES string of the molecule is CN(c1ccncc1)S(=O)(=O)c1cc(Br)cnc1N. The first-order chi connectivity index (χ1) is 8.93. The Bertz CT molecular complexity index is 691. The molecule has 0 unspecified atom stereocenters. The van der Waals surface area contributed by atoms with Gasteiger partial charge in [-0.2, -0.15) is 0 Å². The fourth-order valence-corrected chi connectivity index (χ4v) is 3.25. The summed E-state index contributed by atoms with van der Waals surface area (Å²) >= 11 is 3.18. The van der Waals surface area contributed by atoms with Crippen molar-refractivity contribution < 1.29 is 8.42 Å². The first kappa shape index (κ1) is 13.8. The van der Waals surface area contributed by atoms with Gasteiger partial charge in [0, 0.05) is 30.1 Å². The standard InChI is InChI=1S/C11H11BrN4O2S/c1-16(9-2-4-14-5-3-9)19(17,18)10-6-8(12)7-15-11(10)13/h2-7H,1H3,(H2,13,15). The second-order valence-corrected chi connectivity index (χ2v) is 6.57. The molecule has 2 aromatic rings. The van der Waals surface area contributed by atoms with Gasteiger partial charge in [0.05, 0.1) is 5.69 Å². The average molecular weight is 343 g/mol. The van der Waals surface area contributed by atoms with Crippen LogP contribution in [0.2, 0.25) is 0 Å². The molecule has 8 heteroatoms. The second-order valence-electron chi connectivity index (χ2n) is 3.71. The molecule has 0 aliphatic rings. The van der Waals surface area contributed by atoms with Gasteiger partial charge in [-0.15, -0.1) is 0 Å². The number of sulfonamides is 1. The Labute approximate surface area is 119 Å². The smallest absolute Gasteiger partial charge is 0.267 e. The summed E-state index contributed by atoms with van der Waals surface area (Å²) in [4.78, 5) is 7.64. The molecule has 0 spiro atoms. The molecule has 0 saturated carbocycles. The summed E-state index contributed by atoms with van der Waals surface area (Å²) < 4.78 is 26.6. The minimum atomic E-state index is -3.76. The zero-order valence-electron chi connectivity index (χ0n) is 9.99. The van der Waals surface area contributed by atoms with Crippen LogP contribution in [0.5, 0.6) is 0 Å². The Kier molecular flexibility index (Phi) is 3.72. The van der Waals surface area contributed by atoms with E-state index >= 15 is 0 Å². The minimum Gasteiger partial charge on any atom is -0.383 e. The normalized spacial score (nSPS) is 11.3. The monoisotopic (exact) mass is 342 g/mol. The fraction of sp³-hybridized carbons (Fsp3) is 0.0909. The maximum Gasteiger partial charge on any atom is 0.267 e. The highest BCUT2D eigenvalue weighted by Crippen LogP contribution is 2.26. The molecule has 0 aromatic carbocycles. The van der Waals surface area contributed by atoms with E-state index in [9.17, 15) is 8.42 Å². The third kappa shape index (κ3) is 2.69. The van der Waals surface area contributed by atoms with Crippen LogP contribution in [0.1, 0.15) is 0 Å². The van der Waals surface area contributed by atoms with Crippen LogP contribution in [0.15, 0.2) is 46.2 Å². The van der Waals surface area contributed by atoms with Gasteiger partial charge in [-0.05, 0) is 34.1 Å². The molecule has 0 saturated heterocycles. The molecule has 2 heterocycles. The Balaban J connectivity index is 2.51. The molecule has 0 fully saturated rings. The number of nitrogens with zero attached hydrogens (tertiary/aromatic N) is 3. The van der Waals surface area contributed by atoms with Crippen LogP contribution in [-0.2, 0) is 10.0 Å². The number of nitrogen functional groups attached to an aromatic ring is 1. The van der Waals surface area contributed by atoms with Crippen LogP contribution < -0.4 is 10.0 Å². The van der Waals surface area contributed by atoms with Crippen molar-refractivity contribution in [2.24, 2.45) is 0 Å². The molecular formula is C11H11BrN4O2S. The molecular weight excluding hydrogens is 332 g/mol. The van der Waals surface area contributed by atoms with Crippen LogP contribution >= 0.6 is 15.9 Å². The molecule has 0 bridgehead atoms. The lowest BCUT2D eigenvalue weighted by Gasteiger charge is -2.19. The predicted octanol–water partition coefficient (Wildman–Crippen LogP) is 1.65. The van der Waals surface area contributed by atoms with Crippen molar-refractivity contribution >= 4 is 37.5 Å². The number of nitrogens with two attached hydrogens (primary N) is 1. The Morgan fingerprint density at radius 1 is 1.32 bits per heavy atom. The molecule has 0 radical (unpaired) electrons. The lowest BCUT2D eigenvalue weighted by molar-refractivity contribution is 0.594. The van der Waals surface area contributed by atoms with Gasteiger partial charge in [0.15, 0.2) is 0 Å². The van der Waals surface area contributed by atoms with E-state index < -0.39 is 10.0 Å². The van der Waals surface area contributed by atoms with Crippen molar-refractivity contribution in [1.29, 1.82) is 0 Å². The van der Waals surface area contributed by atoms with E-state index in [1.165, 1.54) is 31.7 Å². The van der Waals surface area contributed by atoms with Crippen molar-refractivity contribution in [3.8, 4) is 0 Å². The first-order valence-corrected chi connectivity index (χ1v) is 7.46. The predicted molar refractivity (Wildman–Crippen MR) is 76.2 cm³/mol. The fourth-order valence-electron chi connectivity index (χ4n) is 1.48. The minimum absolute atomic E-state index is 0.0379. The summed E-state index contributed by atoms with van der Waals surface area (Å²) in [5, 5.41) is 0. The summed E-state index contributed by atoms with van der Waals surface area (Å²) in [6.07, 6.45) is 4.48. The molecule has 6 nitrogen and oxygen atoms in total. The quantitative estimate of drug-likeness (QED) is 0.915. The third-order valence-corrected chi connectivity index (χ3v) is 4.76. The maximum absolute atomic E-state index is 12.5. The van der Waals surface area contributed by atoms with Gasteiger partial charge in [0.1, 0.15) is 10.7 Å². The molecule has 2 aromatic heterocycles. The molecule has 0 aliphatic heterocycles. The highest BCUT2D eigenvalue weighted by atomic mass is 79.9. The number of aromatic nitrogens is 2. The van der Waals surface area contributed by atoms with E-state index in [1.807, 2.05) is 0 Å². The topological polar surface area (TPSA) is 89.2 Å². The van der Waals surface area contributed by atoms with Crippen molar-refractivity contribution in [3.05, 3.63) is 41.3 Å². The van der Waals surface area contributed by atoms with Gasteiger partial charge in [-0.1, -0.05) is 0 Å². The highest BCUT2D eigenvalue weighted by molar-refractivity contribution is 9.10. The molecule has 100 valence electrons. The van der Waals surface area contributed by atoms with E-state index in [1.54, 1.807) is 12.1 Å². The summed E-state index contributed by atoms with van der Waals surface area (Å²) in [5.74, 6) is -0.0379. The molecule has 0 amide bonds. The Morgan fingerprint density at radius 2 is 1.95 bits per heavy atom. The number of halogens is 1. The third-order valence-electron chi connectivity index (χ3n) is 2.51. The number of rotatable bonds is 3. The zero-order chi connectivity index (χ0) is 14.0. The maximum atomic E-state index is 12.5. The van der Waals surface area contributed by atoms with E-state index in [-0.39, 0.29) is 10.7 Å². The van der Waals surface area contributed by atoms with Gasteiger partial charge in [-0.25, -0.2) is 13.4 Å². The lowest BCUT2D eigenvalue weighted by atomic mass is 10.4. The zero-order valence-corrected chi connectivity index (χ0v) is 12.4. The second kappa shape index (κ2) is 5.14. The summed E-state index contributed by atoms with van der Waals surface area (Å²) in [5.41, 5.74) is 6.14. The lowest BCUT2D eigenvalue weighted by Crippen LogP contribution is -2.27. The van der Waals surface area contributed by atoms with Crippen LogP contribution in [0.3, 0.4) is 0 Å². The number of pyridine rings is 2. The average Bonchev–Trinajstić information content (AvgIpc) is 2.41. The van der Waals surface area contributed by atoms with Crippen molar-refractivity contribution in [2.75, 3.05) is 17.1 Å². The van der Waals surface area contributed by atoms with Gasteiger partial charge in [-0.3, -0.25) is 9.29 Å². The molecule has 0 atom stereocenters. The van der Waals surface area contributed by atoms with E-state index in [4.69, 9.17) is 5.73 Å². The summed E-state index contributed by atoms with van der Waals surface area (Å²) in [7, 11) is -2.31. The Hall–Kier alpha value is -1.67.